The Morgan fingerprint density at radius 1 is 0.826 bits per heavy atom. The summed E-state index contributed by atoms with van der Waals surface area (Å²) < 4.78 is 2.37. The number of benzene rings is 2. The molecule has 2 aromatic rings. The molecule has 2 aromatic carbocycles. The second-order valence-electron chi connectivity index (χ2n) is 5.93. The smallest absolute Gasteiger partial charge is 0.199 e. The molecule has 0 unspecified atom stereocenters. The lowest BCUT2D eigenvalue weighted by atomic mass is 9.97. The number of fused-ring (bicyclic) bond motifs is 1. The first-order chi connectivity index (χ1) is 11.2. The van der Waals surface area contributed by atoms with Crippen LogP contribution in [0, 0.1) is 6.92 Å². The number of hydrogen-bond donors (Lipinski definition) is 0. The van der Waals surface area contributed by atoms with Crippen molar-refractivity contribution in [2.75, 3.05) is 13.1 Å². The van der Waals surface area contributed by atoms with E-state index in [0.29, 0.717) is 0 Å². The highest BCUT2D eigenvalue weighted by atomic mass is 15.0. The molecule has 1 aliphatic rings. The van der Waals surface area contributed by atoms with Crippen LogP contribution in [0.2, 0.25) is 0 Å². The molecule has 0 heterocycles. The lowest BCUT2D eigenvalue weighted by molar-refractivity contribution is -0.519. The monoisotopic (exact) mass is 302 g/mol. The Balaban J connectivity index is 1.99. The lowest BCUT2D eigenvalue weighted by Gasteiger charge is -2.08. The van der Waals surface area contributed by atoms with Crippen LogP contribution < -0.4 is 0 Å². The highest BCUT2D eigenvalue weighted by Crippen LogP contribution is 2.25. The van der Waals surface area contributed by atoms with Crippen molar-refractivity contribution in [3.05, 3.63) is 77.4 Å². The molecule has 23 heavy (non-hydrogen) atoms. The standard InChI is InChI=1S/C22H24N/c1-4-23(5-2)20-14-11-18(12-15-20)16-19-13-10-17(3)21-8-6-7-9-22(19)21/h6-16H,4-5H2,1-3H3/q+1. The summed E-state index contributed by atoms with van der Waals surface area (Å²) in [6.45, 7) is 8.65. The van der Waals surface area contributed by atoms with Gasteiger partial charge in [0.15, 0.2) is 5.71 Å². The van der Waals surface area contributed by atoms with Gasteiger partial charge in [-0.3, -0.25) is 0 Å². The van der Waals surface area contributed by atoms with Crippen molar-refractivity contribution in [1.82, 2.24) is 0 Å². The summed E-state index contributed by atoms with van der Waals surface area (Å²) in [7, 11) is 0. The molecule has 1 heteroatoms. The lowest BCUT2D eigenvalue weighted by Crippen LogP contribution is -2.18. The molecular formula is C22H24N+. The van der Waals surface area contributed by atoms with Gasteiger partial charge in [-0.15, -0.1) is 0 Å². The fourth-order valence-corrected chi connectivity index (χ4v) is 3.15. The highest BCUT2D eigenvalue weighted by molar-refractivity contribution is 6.03. The Morgan fingerprint density at radius 2 is 1.48 bits per heavy atom. The molecule has 0 bridgehead atoms. The Bertz CT molecular complexity index is 823. The van der Waals surface area contributed by atoms with Crippen molar-refractivity contribution in [3.8, 4) is 0 Å². The van der Waals surface area contributed by atoms with E-state index >= 15 is 0 Å². The van der Waals surface area contributed by atoms with Gasteiger partial charge in [0, 0.05) is 12.2 Å². The molecule has 3 rings (SSSR count). The summed E-state index contributed by atoms with van der Waals surface area (Å²) in [5, 5.41) is 2.65. The van der Waals surface area contributed by atoms with Crippen LogP contribution in [0.1, 0.15) is 25.0 Å². The van der Waals surface area contributed by atoms with Gasteiger partial charge in [0.25, 0.3) is 0 Å². The Hall–Kier alpha value is -2.41. The third-order valence-electron chi connectivity index (χ3n) is 4.52. The normalized spacial score (nSPS) is 13.7. The molecule has 116 valence electrons. The maximum atomic E-state index is 2.37. The topological polar surface area (TPSA) is 3.01 Å². The third-order valence-corrected chi connectivity index (χ3v) is 4.52. The van der Waals surface area contributed by atoms with E-state index in [2.05, 4.69) is 92.1 Å². The van der Waals surface area contributed by atoms with E-state index in [4.69, 9.17) is 0 Å². The highest BCUT2D eigenvalue weighted by Gasteiger charge is 2.08. The minimum Gasteiger partial charge on any atom is -0.231 e. The summed E-state index contributed by atoms with van der Waals surface area (Å²) in [6, 6.07) is 13.1. The zero-order valence-electron chi connectivity index (χ0n) is 14.2. The van der Waals surface area contributed by atoms with Crippen molar-refractivity contribution >= 4 is 22.6 Å². The van der Waals surface area contributed by atoms with Gasteiger partial charge < -0.3 is 0 Å². The average molecular weight is 302 g/mol. The molecule has 0 N–H and O–H groups in total. The quantitative estimate of drug-likeness (QED) is 0.690. The first-order valence-corrected chi connectivity index (χ1v) is 8.41. The van der Waals surface area contributed by atoms with Gasteiger partial charge in [-0.25, -0.2) is 4.58 Å². The molecule has 1 aliphatic carbocycles. The van der Waals surface area contributed by atoms with Crippen molar-refractivity contribution < 1.29 is 4.58 Å². The zero-order chi connectivity index (χ0) is 16.2. The van der Waals surface area contributed by atoms with Crippen molar-refractivity contribution in [2.45, 2.75) is 20.8 Å². The molecule has 0 fully saturated rings. The van der Waals surface area contributed by atoms with Gasteiger partial charge in [-0.2, -0.15) is 0 Å². The first-order valence-electron chi connectivity index (χ1n) is 8.41. The van der Waals surface area contributed by atoms with Gasteiger partial charge in [-0.05, 0) is 66.5 Å². The van der Waals surface area contributed by atoms with E-state index in [9.17, 15) is 0 Å². The molecule has 0 aromatic heterocycles. The number of nitrogens with zero attached hydrogens (tertiary/aromatic N) is 1. The molecule has 0 atom stereocenters. The average Bonchev–Trinajstić information content (AvgIpc) is 2.60. The summed E-state index contributed by atoms with van der Waals surface area (Å²) in [6.07, 6.45) is 11.1. The molecular weight excluding hydrogens is 278 g/mol. The Labute approximate surface area is 139 Å². The fourth-order valence-electron chi connectivity index (χ4n) is 3.15. The maximum absolute atomic E-state index is 2.37. The van der Waals surface area contributed by atoms with Crippen LogP contribution in [-0.4, -0.2) is 23.4 Å². The number of hydrogen-bond acceptors (Lipinski definition) is 0. The largest absolute Gasteiger partial charge is 0.231 e. The molecule has 0 saturated carbocycles. The van der Waals surface area contributed by atoms with Crippen LogP contribution in [0.15, 0.2) is 66.3 Å². The van der Waals surface area contributed by atoms with E-state index in [1.54, 1.807) is 0 Å². The number of aryl methyl sites for hydroxylation is 1. The van der Waals surface area contributed by atoms with Crippen LogP contribution >= 0.6 is 0 Å². The predicted octanol–water partition coefficient (Wildman–Crippen LogP) is 5.15. The number of rotatable bonds is 3. The van der Waals surface area contributed by atoms with Gasteiger partial charge in [0.2, 0.25) is 0 Å². The Kier molecular flexibility index (Phi) is 4.57. The molecule has 0 radical (unpaired) electrons. The third kappa shape index (κ3) is 3.19. The van der Waals surface area contributed by atoms with Crippen LogP contribution in [0.5, 0.6) is 0 Å². The van der Waals surface area contributed by atoms with Gasteiger partial charge in [0.1, 0.15) is 13.1 Å². The maximum Gasteiger partial charge on any atom is 0.199 e. The summed E-state index contributed by atoms with van der Waals surface area (Å²) in [4.78, 5) is 0. The van der Waals surface area contributed by atoms with Gasteiger partial charge >= 0.3 is 0 Å². The summed E-state index contributed by atoms with van der Waals surface area (Å²) in [5.74, 6) is 0. The first kappa shape index (κ1) is 15.5. The number of allylic oxidation sites excluding steroid dienone is 5. The summed E-state index contributed by atoms with van der Waals surface area (Å²) in [5.41, 5.74) is 5.15. The molecule has 1 nitrogen and oxygen atoms in total. The second kappa shape index (κ2) is 6.78. The van der Waals surface area contributed by atoms with E-state index in [0.717, 1.165) is 13.1 Å². The second-order valence-corrected chi connectivity index (χ2v) is 5.93. The van der Waals surface area contributed by atoms with E-state index in [1.807, 2.05) is 0 Å². The van der Waals surface area contributed by atoms with Crippen LogP contribution in [0.3, 0.4) is 0 Å². The predicted molar refractivity (Wildman–Crippen MR) is 101 cm³/mol. The molecule has 0 aliphatic heterocycles. The van der Waals surface area contributed by atoms with Crippen LogP contribution in [0.25, 0.3) is 16.8 Å². The van der Waals surface area contributed by atoms with Gasteiger partial charge in [0.05, 0.1) is 0 Å². The molecule has 0 amide bonds. The van der Waals surface area contributed by atoms with Crippen LogP contribution in [-0.2, 0) is 0 Å². The van der Waals surface area contributed by atoms with Crippen molar-refractivity contribution in [3.63, 3.8) is 0 Å². The van der Waals surface area contributed by atoms with Gasteiger partial charge in [-0.1, -0.05) is 36.4 Å². The fraction of sp³-hybridized carbons (Fsp3) is 0.227. The van der Waals surface area contributed by atoms with E-state index in [-0.39, 0.29) is 0 Å². The SMILES string of the molecule is CC[N+](CC)=C1C=CC(=Cc2ccc(C)c3ccccc23)C=C1. The van der Waals surface area contributed by atoms with E-state index in [1.165, 1.54) is 33.2 Å². The van der Waals surface area contributed by atoms with Crippen molar-refractivity contribution in [2.24, 2.45) is 0 Å². The van der Waals surface area contributed by atoms with E-state index < -0.39 is 0 Å². The zero-order valence-corrected chi connectivity index (χ0v) is 14.2. The summed E-state index contributed by atoms with van der Waals surface area (Å²) >= 11 is 0. The Morgan fingerprint density at radius 3 is 2.13 bits per heavy atom. The molecule has 0 saturated heterocycles. The minimum absolute atomic E-state index is 1.04. The van der Waals surface area contributed by atoms with Crippen LogP contribution in [0.4, 0.5) is 0 Å². The molecule has 0 spiro atoms. The minimum atomic E-state index is 1.04. The van der Waals surface area contributed by atoms with Crippen molar-refractivity contribution in [1.29, 1.82) is 0 Å².